The van der Waals surface area contributed by atoms with Crippen LogP contribution in [0.3, 0.4) is 0 Å². The first-order valence-corrected chi connectivity index (χ1v) is 10.6. The molecule has 1 saturated heterocycles. The lowest BCUT2D eigenvalue weighted by molar-refractivity contribution is -0.132. The van der Waals surface area contributed by atoms with Crippen LogP contribution >= 0.6 is 0 Å². The Kier molecular flexibility index (Phi) is 5.49. The average Bonchev–Trinajstić information content (AvgIpc) is 3.16. The van der Waals surface area contributed by atoms with E-state index < -0.39 is 5.41 Å². The van der Waals surface area contributed by atoms with Crippen LogP contribution in [0.5, 0.6) is 0 Å². The Labute approximate surface area is 176 Å². The first kappa shape index (κ1) is 20.4. The van der Waals surface area contributed by atoms with Gasteiger partial charge in [0.05, 0.1) is 12.0 Å². The van der Waals surface area contributed by atoms with Gasteiger partial charge in [0.15, 0.2) is 0 Å². The van der Waals surface area contributed by atoms with Crippen molar-refractivity contribution in [1.82, 2.24) is 20.5 Å². The number of piperidine rings is 1. The van der Waals surface area contributed by atoms with Crippen LogP contribution in [0, 0.1) is 12.3 Å². The highest BCUT2D eigenvalue weighted by atomic mass is 16.6. The van der Waals surface area contributed by atoms with Crippen LogP contribution < -0.4 is 10.2 Å². The predicted molar refractivity (Wildman–Crippen MR) is 112 cm³/mol. The Morgan fingerprint density at radius 2 is 2.07 bits per heavy atom. The molecule has 0 spiro atoms. The number of carbonyl (C=O) groups excluding carboxylic acids is 2. The summed E-state index contributed by atoms with van der Waals surface area (Å²) in [5, 5.41) is 10.5. The summed E-state index contributed by atoms with van der Waals surface area (Å²) in [6.07, 6.45) is 3.64. The number of hydrogen-bond donors (Lipinski definition) is 1. The van der Waals surface area contributed by atoms with E-state index >= 15 is 0 Å². The molecule has 1 atom stereocenters. The van der Waals surface area contributed by atoms with Gasteiger partial charge in [-0.15, -0.1) is 0 Å². The monoisotopic (exact) mass is 411 g/mol. The Bertz CT molecular complexity index is 956. The molecule has 1 N–H and O–H groups in total. The van der Waals surface area contributed by atoms with Gasteiger partial charge >= 0.3 is 0 Å². The predicted octanol–water partition coefficient (Wildman–Crippen LogP) is 2.32. The normalized spacial score (nSPS) is 21.3. The van der Waals surface area contributed by atoms with E-state index in [-0.39, 0.29) is 18.4 Å². The van der Waals surface area contributed by atoms with Crippen molar-refractivity contribution in [2.24, 2.45) is 5.41 Å². The molecule has 8 nitrogen and oxygen atoms in total. The van der Waals surface area contributed by atoms with Crippen LogP contribution in [-0.4, -0.2) is 53.7 Å². The van der Waals surface area contributed by atoms with Crippen molar-refractivity contribution in [2.75, 3.05) is 31.6 Å². The lowest BCUT2D eigenvalue weighted by atomic mass is 9.80. The van der Waals surface area contributed by atoms with Crippen LogP contribution in [0.25, 0.3) is 0 Å². The zero-order chi connectivity index (χ0) is 21.3. The molecule has 160 valence electrons. The number of nitrogens with zero attached hydrogens (tertiary/aromatic N) is 4. The molecule has 8 heteroatoms. The SMILES string of the molecule is Cc1nonc1CNC(=O)C1(C)CCCN(C(=O)c2ccc3c(c2)CCCN3C)C1. The maximum atomic E-state index is 13.2. The van der Waals surface area contributed by atoms with Crippen molar-refractivity contribution >= 4 is 17.5 Å². The minimum Gasteiger partial charge on any atom is -0.374 e. The standard InChI is InChI=1S/C22H29N5O3/c1-15-18(25-30-24-15)13-23-21(29)22(2)9-5-11-27(14-22)20(28)17-7-8-19-16(12-17)6-4-10-26(19)3/h7-8,12H,4-6,9-11,13-14H2,1-3H3,(H,23,29). The van der Waals surface area contributed by atoms with Gasteiger partial charge in [0.2, 0.25) is 5.91 Å². The van der Waals surface area contributed by atoms with Gasteiger partial charge in [0, 0.05) is 37.9 Å². The minimum absolute atomic E-state index is 0.00120. The second-order valence-corrected chi connectivity index (χ2v) is 8.74. The first-order chi connectivity index (χ1) is 14.4. The smallest absolute Gasteiger partial charge is 0.253 e. The van der Waals surface area contributed by atoms with Gasteiger partial charge in [0.25, 0.3) is 5.91 Å². The summed E-state index contributed by atoms with van der Waals surface area (Å²) in [6.45, 7) is 6.12. The average molecular weight is 412 g/mol. The van der Waals surface area contributed by atoms with E-state index in [9.17, 15) is 9.59 Å². The van der Waals surface area contributed by atoms with E-state index in [1.807, 2.05) is 30.0 Å². The number of hydrogen-bond acceptors (Lipinski definition) is 6. The van der Waals surface area contributed by atoms with Crippen molar-refractivity contribution in [3.05, 3.63) is 40.7 Å². The highest BCUT2D eigenvalue weighted by Crippen LogP contribution is 2.32. The Balaban J connectivity index is 1.44. The molecule has 1 unspecified atom stereocenters. The molecule has 1 aromatic carbocycles. The van der Waals surface area contributed by atoms with Gasteiger partial charge in [0.1, 0.15) is 11.4 Å². The summed E-state index contributed by atoms with van der Waals surface area (Å²) in [5.74, 6) is -0.0734. The molecule has 2 aliphatic rings. The molecule has 0 radical (unpaired) electrons. The highest BCUT2D eigenvalue weighted by molar-refractivity contribution is 5.95. The van der Waals surface area contributed by atoms with Crippen molar-refractivity contribution in [1.29, 1.82) is 0 Å². The van der Waals surface area contributed by atoms with Crippen LogP contribution in [-0.2, 0) is 17.8 Å². The quantitative estimate of drug-likeness (QED) is 0.830. The molecule has 3 heterocycles. The van der Waals surface area contributed by atoms with Gasteiger partial charge in [-0.2, -0.15) is 0 Å². The highest BCUT2D eigenvalue weighted by Gasteiger charge is 2.39. The van der Waals surface area contributed by atoms with Gasteiger partial charge in [-0.1, -0.05) is 10.3 Å². The Morgan fingerprint density at radius 1 is 1.23 bits per heavy atom. The van der Waals surface area contributed by atoms with Crippen molar-refractivity contribution < 1.29 is 14.2 Å². The van der Waals surface area contributed by atoms with Crippen LogP contribution in [0.15, 0.2) is 22.8 Å². The number of aryl methyl sites for hydroxylation is 2. The molecule has 2 amide bonds. The van der Waals surface area contributed by atoms with E-state index in [0.717, 1.165) is 32.2 Å². The van der Waals surface area contributed by atoms with Crippen LogP contribution in [0.1, 0.15) is 53.5 Å². The number of aromatic nitrogens is 2. The second kappa shape index (κ2) is 8.08. The summed E-state index contributed by atoms with van der Waals surface area (Å²) in [7, 11) is 2.09. The van der Waals surface area contributed by atoms with Crippen molar-refractivity contribution in [2.45, 2.75) is 46.1 Å². The van der Waals surface area contributed by atoms with Crippen molar-refractivity contribution in [3.63, 3.8) is 0 Å². The molecular weight excluding hydrogens is 382 g/mol. The minimum atomic E-state index is -0.632. The maximum Gasteiger partial charge on any atom is 0.253 e. The lowest BCUT2D eigenvalue weighted by Gasteiger charge is -2.39. The Morgan fingerprint density at radius 3 is 2.83 bits per heavy atom. The first-order valence-electron chi connectivity index (χ1n) is 10.6. The zero-order valence-electron chi connectivity index (χ0n) is 17.9. The number of amides is 2. The number of fused-ring (bicyclic) bond motifs is 1. The summed E-state index contributed by atoms with van der Waals surface area (Å²) < 4.78 is 4.68. The number of benzene rings is 1. The fourth-order valence-corrected chi connectivity index (χ4v) is 4.49. The topological polar surface area (TPSA) is 91.6 Å². The zero-order valence-corrected chi connectivity index (χ0v) is 17.9. The molecule has 2 aliphatic heterocycles. The van der Waals surface area contributed by atoms with Crippen molar-refractivity contribution in [3.8, 4) is 0 Å². The molecule has 1 aromatic heterocycles. The third kappa shape index (κ3) is 3.91. The summed E-state index contributed by atoms with van der Waals surface area (Å²) in [4.78, 5) is 30.2. The molecule has 2 aromatic rings. The molecule has 1 fully saturated rings. The van der Waals surface area contributed by atoms with Gasteiger partial charge in [-0.05, 0) is 63.3 Å². The van der Waals surface area contributed by atoms with Gasteiger partial charge in [-0.25, -0.2) is 4.63 Å². The molecule has 4 rings (SSSR count). The third-order valence-electron chi connectivity index (χ3n) is 6.37. The van der Waals surface area contributed by atoms with Crippen LogP contribution in [0.2, 0.25) is 0 Å². The molecular formula is C22H29N5O3. The van der Waals surface area contributed by atoms with Gasteiger partial charge in [-0.3, -0.25) is 9.59 Å². The maximum absolute atomic E-state index is 13.2. The number of likely N-dealkylation sites (tertiary alicyclic amines) is 1. The second-order valence-electron chi connectivity index (χ2n) is 8.74. The summed E-state index contributed by atoms with van der Waals surface area (Å²) >= 11 is 0. The summed E-state index contributed by atoms with van der Waals surface area (Å²) in [5.41, 5.74) is 3.79. The fraction of sp³-hybridized carbons (Fsp3) is 0.545. The van der Waals surface area contributed by atoms with E-state index in [1.54, 1.807) is 6.92 Å². The van der Waals surface area contributed by atoms with Gasteiger partial charge < -0.3 is 15.1 Å². The number of nitrogens with one attached hydrogen (secondary N) is 1. The lowest BCUT2D eigenvalue weighted by Crippen LogP contribution is -2.51. The third-order valence-corrected chi connectivity index (χ3v) is 6.37. The molecule has 30 heavy (non-hydrogen) atoms. The number of carbonyl (C=O) groups is 2. The Hall–Kier alpha value is -2.90. The summed E-state index contributed by atoms with van der Waals surface area (Å²) in [6, 6.07) is 5.99. The molecule has 0 saturated carbocycles. The molecule has 0 aliphatic carbocycles. The number of anilines is 1. The largest absolute Gasteiger partial charge is 0.374 e. The molecule has 0 bridgehead atoms. The van der Waals surface area contributed by atoms with E-state index in [0.29, 0.717) is 30.0 Å². The van der Waals surface area contributed by atoms with E-state index in [4.69, 9.17) is 0 Å². The van der Waals surface area contributed by atoms with Crippen LogP contribution in [0.4, 0.5) is 5.69 Å². The fourth-order valence-electron chi connectivity index (χ4n) is 4.49. The number of rotatable bonds is 4. The van der Waals surface area contributed by atoms with E-state index in [2.05, 4.69) is 32.2 Å². The van der Waals surface area contributed by atoms with E-state index in [1.165, 1.54) is 11.3 Å².